The number of para-hydroxylation sites is 1. The van der Waals surface area contributed by atoms with Crippen molar-refractivity contribution >= 4 is 35.2 Å². The Morgan fingerprint density at radius 1 is 1.18 bits per heavy atom. The van der Waals surface area contributed by atoms with Gasteiger partial charge in [-0.3, -0.25) is 19.8 Å². The highest BCUT2D eigenvalue weighted by Crippen LogP contribution is 2.29. The predicted octanol–water partition coefficient (Wildman–Crippen LogP) is 1.08. The van der Waals surface area contributed by atoms with Crippen LogP contribution in [0.2, 0.25) is 0 Å². The van der Waals surface area contributed by atoms with E-state index in [9.17, 15) is 14.4 Å². The molecular formula is C20H20N4O4. The SMILES string of the molecule is CN(C)c1ccc(/C=C2/C(=O)NN(c3ccccc3)C2=O)c(OCC(N)=O)c1. The number of hydrazine groups is 1. The summed E-state index contributed by atoms with van der Waals surface area (Å²) < 4.78 is 5.48. The van der Waals surface area contributed by atoms with Gasteiger partial charge in [-0.05, 0) is 30.3 Å². The van der Waals surface area contributed by atoms with Gasteiger partial charge < -0.3 is 15.4 Å². The van der Waals surface area contributed by atoms with Crippen molar-refractivity contribution in [3.63, 3.8) is 0 Å². The van der Waals surface area contributed by atoms with E-state index in [1.165, 1.54) is 11.1 Å². The van der Waals surface area contributed by atoms with Crippen LogP contribution in [0, 0.1) is 0 Å². The second kappa shape index (κ2) is 7.83. The molecule has 1 fully saturated rings. The topological polar surface area (TPSA) is 105 Å². The van der Waals surface area contributed by atoms with E-state index in [0.29, 0.717) is 17.0 Å². The van der Waals surface area contributed by atoms with Crippen molar-refractivity contribution in [1.82, 2.24) is 5.43 Å². The Labute approximate surface area is 162 Å². The number of nitrogens with one attached hydrogen (secondary N) is 1. The van der Waals surface area contributed by atoms with Crippen LogP contribution in [0.1, 0.15) is 5.56 Å². The quantitative estimate of drug-likeness (QED) is 0.576. The molecule has 1 heterocycles. The van der Waals surface area contributed by atoms with E-state index < -0.39 is 17.7 Å². The second-order valence-electron chi connectivity index (χ2n) is 6.35. The van der Waals surface area contributed by atoms with Crippen LogP contribution in [0.15, 0.2) is 54.1 Å². The molecule has 8 heteroatoms. The van der Waals surface area contributed by atoms with Gasteiger partial charge in [-0.15, -0.1) is 0 Å². The van der Waals surface area contributed by atoms with Gasteiger partial charge in [-0.25, -0.2) is 5.01 Å². The highest BCUT2D eigenvalue weighted by molar-refractivity contribution is 6.31. The molecule has 3 amide bonds. The molecule has 0 radical (unpaired) electrons. The molecular weight excluding hydrogens is 360 g/mol. The molecule has 1 aliphatic rings. The van der Waals surface area contributed by atoms with Crippen LogP contribution in [0.25, 0.3) is 6.08 Å². The summed E-state index contributed by atoms with van der Waals surface area (Å²) in [5.41, 5.74) is 9.54. The smallest absolute Gasteiger partial charge is 0.282 e. The fourth-order valence-electron chi connectivity index (χ4n) is 2.67. The summed E-state index contributed by atoms with van der Waals surface area (Å²) in [4.78, 5) is 38.0. The molecule has 0 atom stereocenters. The molecule has 144 valence electrons. The fourth-order valence-corrected chi connectivity index (χ4v) is 2.67. The average Bonchev–Trinajstić information content (AvgIpc) is 2.95. The van der Waals surface area contributed by atoms with Crippen LogP contribution >= 0.6 is 0 Å². The lowest BCUT2D eigenvalue weighted by molar-refractivity contribution is -0.120. The summed E-state index contributed by atoms with van der Waals surface area (Å²) in [6.45, 7) is -0.316. The van der Waals surface area contributed by atoms with Crippen molar-refractivity contribution < 1.29 is 19.1 Å². The third kappa shape index (κ3) is 3.96. The molecule has 0 spiro atoms. The minimum absolute atomic E-state index is 0.0367. The monoisotopic (exact) mass is 380 g/mol. The van der Waals surface area contributed by atoms with E-state index in [4.69, 9.17) is 10.5 Å². The van der Waals surface area contributed by atoms with Crippen molar-refractivity contribution in [3.05, 3.63) is 59.7 Å². The maximum Gasteiger partial charge on any atom is 0.282 e. The fraction of sp³-hybridized carbons (Fsp3) is 0.150. The van der Waals surface area contributed by atoms with Crippen LogP contribution in [0.4, 0.5) is 11.4 Å². The van der Waals surface area contributed by atoms with E-state index in [-0.39, 0.29) is 12.2 Å². The molecule has 8 nitrogen and oxygen atoms in total. The number of primary amides is 1. The molecule has 0 saturated carbocycles. The maximum absolute atomic E-state index is 12.7. The number of carbonyl (C=O) groups is 3. The van der Waals surface area contributed by atoms with Crippen molar-refractivity contribution in [1.29, 1.82) is 0 Å². The standard InChI is InChI=1S/C20H20N4O4/c1-23(2)15-9-8-13(17(11-15)28-12-18(21)25)10-16-19(26)22-24(20(16)27)14-6-4-3-5-7-14/h3-11H,12H2,1-2H3,(H2,21,25)(H,22,26)/b16-10-. The van der Waals surface area contributed by atoms with Gasteiger partial charge in [0.1, 0.15) is 11.3 Å². The average molecular weight is 380 g/mol. The van der Waals surface area contributed by atoms with Gasteiger partial charge in [-0.1, -0.05) is 18.2 Å². The molecule has 28 heavy (non-hydrogen) atoms. The number of nitrogens with two attached hydrogens (primary N) is 1. The van der Waals surface area contributed by atoms with E-state index >= 15 is 0 Å². The molecule has 1 aliphatic heterocycles. The summed E-state index contributed by atoms with van der Waals surface area (Å²) in [7, 11) is 3.72. The van der Waals surface area contributed by atoms with Gasteiger partial charge in [0, 0.05) is 31.4 Å². The van der Waals surface area contributed by atoms with Gasteiger partial charge in [0.25, 0.3) is 17.7 Å². The molecule has 0 aromatic heterocycles. The van der Waals surface area contributed by atoms with Crippen molar-refractivity contribution in [2.75, 3.05) is 30.6 Å². The Hall–Kier alpha value is -3.81. The third-order valence-electron chi connectivity index (χ3n) is 4.09. The number of rotatable bonds is 6. The normalized spacial score (nSPS) is 14.9. The van der Waals surface area contributed by atoms with Gasteiger partial charge in [0.05, 0.1) is 5.69 Å². The Balaban J connectivity index is 1.96. The van der Waals surface area contributed by atoms with Crippen LogP contribution in [-0.4, -0.2) is 38.4 Å². The van der Waals surface area contributed by atoms with Crippen LogP contribution < -0.4 is 25.8 Å². The minimum Gasteiger partial charge on any atom is -0.483 e. The van der Waals surface area contributed by atoms with Crippen LogP contribution in [-0.2, 0) is 14.4 Å². The lowest BCUT2D eigenvalue weighted by Gasteiger charge is -2.16. The predicted molar refractivity (Wildman–Crippen MR) is 106 cm³/mol. The Morgan fingerprint density at radius 2 is 1.89 bits per heavy atom. The number of hydrogen-bond acceptors (Lipinski definition) is 5. The first-order valence-electron chi connectivity index (χ1n) is 8.51. The zero-order chi connectivity index (χ0) is 20.3. The van der Waals surface area contributed by atoms with E-state index in [0.717, 1.165) is 5.69 Å². The number of ether oxygens (including phenoxy) is 1. The van der Waals surface area contributed by atoms with Crippen molar-refractivity contribution in [2.45, 2.75) is 0 Å². The summed E-state index contributed by atoms with van der Waals surface area (Å²) in [5.74, 6) is -1.28. The van der Waals surface area contributed by atoms with Gasteiger partial charge >= 0.3 is 0 Å². The molecule has 1 saturated heterocycles. The van der Waals surface area contributed by atoms with Crippen molar-refractivity contribution in [3.8, 4) is 5.75 Å². The first-order chi connectivity index (χ1) is 13.4. The Kier molecular flexibility index (Phi) is 5.30. The first kappa shape index (κ1) is 19.0. The number of nitrogens with zero attached hydrogens (tertiary/aromatic N) is 2. The highest BCUT2D eigenvalue weighted by Gasteiger charge is 2.34. The first-order valence-corrected chi connectivity index (χ1v) is 8.51. The highest BCUT2D eigenvalue weighted by atomic mass is 16.5. The van der Waals surface area contributed by atoms with E-state index in [2.05, 4.69) is 5.43 Å². The number of hydrogen-bond donors (Lipinski definition) is 2. The van der Waals surface area contributed by atoms with Gasteiger partial charge in [0.15, 0.2) is 6.61 Å². The zero-order valence-corrected chi connectivity index (χ0v) is 15.5. The van der Waals surface area contributed by atoms with E-state index in [1.807, 2.05) is 31.1 Å². The molecule has 0 aliphatic carbocycles. The van der Waals surface area contributed by atoms with Crippen LogP contribution in [0.5, 0.6) is 5.75 Å². The van der Waals surface area contributed by atoms with Gasteiger partial charge in [-0.2, -0.15) is 0 Å². The lowest BCUT2D eigenvalue weighted by Crippen LogP contribution is -2.35. The number of benzene rings is 2. The number of anilines is 2. The number of amides is 3. The summed E-state index contributed by atoms with van der Waals surface area (Å²) in [5, 5.41) is 1.19. The lowest BCUT2D eigenvalue weighted by atomic mass is 10.1. The maximum atomic E-state index is 12.7. The molecule has 2 aromatic rings. The molecule has 3 N–H and O–H groups in total. The molecule has 0 unspecified atom stereocenters. The third-order valence-corrected chi connectivity index (χ3v) is 4.09. The van der Waals surface area contributed by atoms with Crippen molar-refractivity contribution in [2.24, 2.45) is 5.73 Å². The summed E-state index contributed by atoms with van der Waals surface area (Å²) in [6, 6.07) is 14.0. The zero-order valence-electron chi connectivity index (χ0n) is 15.5. The Morgan fingerprint density at radius 3 is 2.54 bits per heavy atom. The molecule has 0 bridgehead atoms. The Bertz CT molecular complexity index is 954. The van der Waals surface area contributed by atoms with Crippen LogP contribution in [0.3, 0.4) is 0 Å². The summed E-state index contributed by atoms with van der Waals surface area (Å²) >= 11 is 0. The second-order valence-corrected chi connectivity index (χ2v) is 6.35. The molecule has 3 rings (SSSR count). The minimum atomic E-state index is -0.626. The largest absolute Gasteiger partial charge is 0.483 e. The summed E-state index contributed by atoms with van der Waals surface area (Å²) in [6.07, 6.45) is 1.44. The van der Waals surface area contributed by atoms with Gasteiger partial charge in [0.2, 0.25) is 0 Å². The molecule has 2 aromatic carbocycles. The number of carbonyl (C=O) groups excluding carboxylic acids is 3. The van der Waals surface area contributed by atoms with E-state index in [1.54, 1.807) is 36.4 Å².